The predicted molar refractivity (Wildman–Crippen MR) is 101 cm³/mol. The molecule has 1 aliphatic rings. The number of halogens is 3. The van der Waals surface area contributed by atoms with E-state index in [1.54, 1.807) is 7.11 Å². The van der Waals surface area contributed by atoms with Gasteiger partial charge in [-0.3, -0.25) is 9.88 Å². The maximum absolute atomic E-state index is 6.60. The molecule has 1 aromatic heterocycles. The fourth-order valence-electron chi connectivity index (χ4n) is 3.39. The monoisotopic (exact) mass is 431 g/mol. The van der Waals surface area contributed by atoms with Crippen LogP contribution in [0.3, 0.4) is 0 Å². The summed E-state index contributed by atoms with van der Waals surface area (Å²) in [7, 11) is 1.65. The fraction of sp³-hybridized carbons (Fsp3) is 0.421. The van der Waals surface area contributed by atoms with Crippen molar-refractivity contribution in [3.63, 3.8) is 0 Å². The molecule has 0 amide bonds. The van der Waals surface area contributed by atoms with Gasteiger partial charge >= 0.3 is 0 Å². The van der Waals surface area contributed by atoms with Gasteiger partial charge in [-0.15, -0.1) is 0 Å². The quantitative estimate of drug-likeness (QED) is 0.466. The number of rotatable bonds is 7. The maximum atomic E-state index is 6.60. The number of methoxy groups -OCH3 is 1. The van der Waals surface area contributed by atoms with E-state index in [0.29, 0.717) is 5.02 Å². The second-order valence-electron chi connectivity index (χ2n) is 6.29. The average molecular weight is 433 g/mol. The van der Waals surface area contributed by atoms with Crippen LogP contribution in [-0.2, 0) is 5.54 Å². The van der Waals surface area contributed by atoms with Crippen LogP contribution in [0.25, 0.3) is 6.20 Å². The molecule has 0 saturated heterocycles. The van der Waals surface area contributed by atoms with E-state index in [4.69, 9.17) is 21.3 Å². The molecule has 0 saturated carbocycles. The molecule has 1 aromatic carbocycles. The molecule has 1 unspecified atom stereocenters. The lowest BCUT2D eigenvalue weighted by atomic mass is 9.85. The van der Waals surface area contributed by atoms with Crippen LogP contribution in [0, 0.1) is 0 Å². The van der Waals surface area contributed by atoms with Gasteiger partial charge in [0.1, 0.15) is 23.3 Å². The number of unbranched alkanes of at least 4 members (excludes halogenated alkanes) is 1. The Labute approximate surface area is 178 Å². The summed E-state index contributed by atoms with van der Waals surface area (Å²) >= 11 is 6.60. The molecule has 2 aromatic rings. The lowest BCUT2D eigenvalue weighted by Gasteiger charge is -2.36. The van der Waals surface area contributed by atoms with E-state index in [2.05, 4.69) is 29.0 Å². The van der Waals surface area contributed by atoms with E-state index >= 15 is 0 Å². The van der Waals surface area contributed by atoms with Crippen LogP contribution in [0.1, 0.15) is 44.5 Å². The molecule has 8 heteroatoms. The van der Waals surface area contributed by atoms with Gasteiger partial charge in [0.05, 0.1) is 18.7 Å². The number of nitrogens with zero attached hydrogens (tertiary/aromatic N) is 2. The minimum atomic E-state index is -0.449. The molecule has 3 N–H and O–H groups in total. The second-order valence-corrected chi connectivity index (χ2v) is 6.69. The molecule has 0 aliphatic carbocycles. The van der Waals surface area contributed by atoms with Crippen molar-refractivity contribution in [2.24, 2.45) is 0 Å². The SMILES string of the molecule is CCCC[NH2+]c1cnc2n1C=CNC2(CC)c1ccc(OC)cc1Cl.[Cl-].[Cl-]. The third-order valence-corrected chi connectivity index (χ3v) is 5.15. The first-order valence-corrected chi connectivity index (χ1v) is 9.23. The van der Waals surface area contributed by atoms with Gasteiger partial charge in [-0.1, -0.05) is 37.9 Å². The van der Waals surface area contributed by atoms with Crippen LogP contribution in [0.4, 0.5) is 5.82 Å². The van der Waals surface area contributed by atoms with E-state index < -0.39 is 5.54 Å². The van der Waals surface area contributed by atoms with Crippen LogP contribution in [0.5, 0.6) is 5.75 Å². The van der Waals surface area contributed by atoms with Gasteiger partial charge in [-0.2, -0.15) is 0 Å². The molecule has 2 heterocycles. The maximum Gasteiger partial charge on any atom is 0.229 e. The molecular formula is C19H26Cl3N4O-. The molecule has 5 nitrogen and oxygen atoms in total. The lowest BCUT2D eigenvalue weighted by molar-refractivity contribution is -0.576. The van der Waals surface area contributed by atoms with Crippen LogP contribution in [0.2, 0.25) is 5.02 Å². The van der Waals surface area contributed by atoms with Gasteiger partial charge in [0.2, 0.25) is 5.82 Å². The van der Waals surface area contributed by atoms with Crippen molar-refractivity contribution in [3.8, 4) is 5.75 Å². The topological polar surface area (TPSA) is 55.7 Å². The lowest BCUT2D eigenvalue weighted by Crippen LogP contribution is -3.00. The molecule has 150 valence electrons. The summed E-state index contributed by atoms with van der Waals surface area (Å²) < 4.78 is 7.45. The van der Waals surface area contributed by atoms with Gasteiger partial charge in [0.25, 0.3) is 0 Å². The fourth-order valence-corrected chi connectivity index (χ4v) is 3.72. The molecular weight excluding hydrogens is 407 g/mol. The molecule has 1 aliphatic heterocycles. The first kappa shape index (κ1) is 23.6. The zero-order valence-electron chi connectivity index (χ0n) is 15.8. The highest BCUT2D eigenvalue weighted by molar-refractivity contribution is 6.31. The van der Waals surface area contributed by atoms with Crippen molar-refractivity contribution in [1.82, 2.24) is 14.9 Å². The molecule has 3 rings (SSSR count). The Kier molecular flexibility index (Phi) is 8.95. The first-order valence-electron chi connectivity index (χ1n) is 8.85. The number of hydrogen-bond acceptors (Lipinski definition) is 3. The standard InChI is InChI=1S/C19H25ClN4O.2ClH/c1-4-6-9-21-17-13-22-18-19(5-2,23-10-11-24(17)18)15-8-7-14(25-3)12-16(15)20;;/h7-8,10-13,21,23H,4-6,9H2,1-3H3;2*1H/p-1. The number of fused-ring (bicyclic) bond motifs is 1. The van der Waals surface area contributed by atoms with Gasteiger partial charge in [-0.05, 0) is 25.0 Å². The highest BCUT2D eigenvalue weighted by atomic mass is 35.5. The third kappa shape index (κ3) is 4.37. The van der Waals surface area contributed by atoms with Gasteiger partial charge in [-0.25, -0.2) is 4.98 Å². The zero-order chi connectivity index (χ0) is 17.9. The Hall–Kier alpha value is -1.40. The van der Waals surface area contributed by atoms with E-state index in [9.17, 15) is 0 Å². The number of nitrogens with two attached hydrogens (primary N) is 1. The van der Waals surface area contributed by atoms with Gasteiger partial charge in [0.15, 0.2) is 0 Å². The second kappa shape index (κ2) is 10.2. The van der Waals surface area contributed by atoms with Crippen molar-refractivity contribution in [2.75, 3.05) is 13.7 Å². The molecule has 27 heavy (non-hydrogen) atoms. The summed E-state index contributed by atoms with van der Waals surface area (Å²) in [6, 6.07) is 5.83. The number of imidazole rings is 1. The highest BCUT2D eigenvalue weighted by Crippen LogP contribution is 2.40. The Morgan fingerprint density at radius 1 is 1.30 bits per heavy atom. The Morgan fingerprint density at radius 2 is 2.07 bits per heavy atom. The summed E-state index contributed by atoms with van der Waals surface area (Å²) in [6.45, 7) is 5.41. The van der Waals surface area contributed by atoms with Crippen LogP contribution < -0.4 is 40.2 Å². The molecule has 0 fully saturated rings. The smallest absolute Gasteiger partial charge is 0.229 e. The zero-order valence-corrected chi connectivity index (χ0v) is 18.1. The largest absolute Gasteiger partial charge is 1.00 e. The number of nitrogens with one attached hydrogen (secondary N) is 1. The van der Waals surface area contributed by atoms with Crippen molar-refractivity contribution in [2.45, 2.75) is 38.6 Å². The first-order chi connectivity index (χ1) is 12.2. The highest BCUT2D eigenvalue weighted by Gasteiger charge is 2.40. The Balaban J connectivity index is 0.00000182. The molecule has 1 atom stereocenters. The summed E-state index contributed by atoms with van der Waals surface area (Å²) in [6.07, 6.45) is 9.17. The van der Waals surface area contributed by atoms with E-state index in [-0.39, 0.29) is 24.8 Å². The minimum Gasteiger partial charge on any atom is -1.00 e. The summed E-state index contributed by atoms with van der Waals surface area (Å²) in [5.74, 6) is 2.85. The summed E-state index contributed by atoms with van der Waals surface area (Å²) in [5, 5.41) is 6.44. The summed E-state index contributed by atoms with van der Waals surface area (Å²) in [4.78, 5) is 4.75. The number of hydrogen-bond donors (Lipinski definition) is 2. The van der Waals surface area contributed by atoms with E-state index in [1.165, 1.54) is 12.8 Å². The van der Waals surface area contributed by atoms with Gasteiger partial charge < -0.3 is 34.9 Å². The Morgan fingerprint density at radius 3 is 2.70 bits per heavy atom. The predicted octanol–water partition coefficient (Wildman–Crippen LogP) is -2.77. The van der Waals surface area contributed by atoms with Crippen molar-refractivity contribution >= 4 is 23.6 Å². The molecule has 0 spiro atoms. The van der Waals surface area contributed by atoms with E-state index in [0.717, 1.165) is 35.9 Å². The Bertz CT molecular complexity index is 778. The molecule has 0 radical (unpaired) electrons. The average Bonchev–Trinajstić information content (AvgIpc) is 3.05. The minimum absolute atomic E-state index is 0. The van der Waals surface area contributed by atoms with Crippen LogP contribution in [-0.4, -0.2) is 23.2 Å². The van der Waals surface area contributed by atoms with Crippen molar-refractivity contribution < 1.29 is 34.9 Å². The number of benzene rings is 1. The van der Waals surface area contributed by atoms with Gasteiger partial charge in [0, 0.05) is 18.0 Å². The number of quaternary nitrogens is 1. The van der Waals surface area contributed by atoms with Crippen molar-refractivity contribution in [3.05, 3.63) is 47.0 Å². The normalized spacial score (nSPS) is 17.3. The molecule has 0 bridgehead atoms. The van der Waals surface area contributed by atoms with Crippen LogP contribution in [0.15, 0.2) is 30.6 Å². The van der Waals surface area contributed by atoms with E-state index in [1.807, 2.05) is 36.8 Å². The van der Waals surface area contributed by atoms with Crippen LogP contribution >= 0.6 is 11.6 Å². The third-order valence-electron chi connectivity index (χ3n) is 4.84. The van der Waals surface area contributed by atoms with Crippen molar-refractivity contribution in [1.29, 1.82) is 0 Å². The number of aromatic nitrogens is 2. The number of ether oxygens (including phenoxy) is 1. The summed E-state index contributed by atoms with van der Waals surface area (Å²) in [5.41, 5.74) is 0.559.